The average molecular weight is 252 g/mol. The van der Waals surface area contributed by atoms with E-state index in [1.54, 1.807) is 0 Å². The first-order valence-electron chi connectivity index (χ1n) is 6.03. The van der Waals surface area contributed by atoms with Crippen LogP contribution in [0.1, 0.15) is 10.5 Å². The normalized spacial score (nSPS) is 22.0. The van der Waals surface area contributed by atoms with E-state index in [0.717, 1.165) is 19.6 Å². The number of carbonyl (C=O) groups is 1. The number of rotatable bonds is 3. The summed E-state index contributed by atoms with van der Waals surface area (Å²) < 4.78 is 0. The molecule has 1 aliphatic rings. The number of anilines is 1. The van der Waals surface area contributed by atoms with Crippen molar-refractivity contribution in [3.63, 3.8) is 0 Å². The zero-order valence-corrected chi connectivity index (χ0v) is 10.8. The number of aromatic amines is 1. The monoisotopic (exact) mass is 252 g/mol. The Morgan fingerprint density at radius 3 is 3.06 bits per heavy atom. The zero-order valence-electron chi connectivity index (χ0n) is 10.8. The van der Waals surface area contributed by atoms with E-state index >= 15 is 0 Å². The van der Waals surface area contributed by atoms with Gasteiger partial charge in [-0.15, -0.1) is 0 Å². The highest BCUT2D eigenvalue weighted by Gasteiger charge is 2.23. The van der Waals surface area contributed by atoms with Crippen molar-refractivity contribution in [1.82, 2.24) is 25.3 Å². The van der Waals surface area contributed by atoms with Gasteiger partial charge in [-0.05, 0) is 14.1 Å². The van der Waals surface area contributed by atoms with Gasteiger partial charge in [-0.1, -0.05) is 0 Å². The first kappa shape index (κ1) is 12.8. The highest BCUT2D eigenvalue weighted by molar-refractivity contribution is 5.96. The number of hydrogen-bond acceptors (Lipinski definition) is 5. The number of nitrogens with two attached hydrogens (primary N) is 1. The van der Waals surface area contributed by atoms with Crippen LogP contribution in [-0.2, 0) is 0 Å². The maximum atomic E-state index is 11.9. The van der Waals surface area contributed by atoms with Crippen LogP contribution in [-0.4, -0.2) is 72.2 Å². The van der Waals surface area contributed by atoms with Crippen LogP contribution in [0, 0.1) is 0 Å². The minimum atomic E-state index is -0.202. The van der Waals surface area contributed by atoms with Gasteiger partial charge in [0.25, 0.3) is 5.91 Å². The summed E-state index contributed by atoms with van der Waals surface area (Å²) in [5.74, 6) is -0.202. The number of amides is 1. The number of nitrogen functional groups attached to an aromatic ring is 1. The highest BCUT2D eigenvalue weighted by atomic mass is 16.1. The predicted octanol–water partition coefficient (Wildman–Crippen LogP) is -1.03. The Hall–Kier alpha value is -1.60. The maximum Gasteiger partial charge on any atom is 0.271 e. The molecule has 4 N–H and O–H groups in total. The lowest BCUT2D eigenvalue weighted by atomic mass is 10.2. The van der Waals surface area contributed by atoms with Gasteiger partial charge in [0.05, 0.1) is 11.9 Å². The Labute approximate surface area is 106 Å². The van der Waals surface area contributed by atoms with Gasteiger partial charge < -0.3 is 16.0 Å². The summed E-state index contributed by atoms with van der Waals surface area (Å²) in [5, 5.41) is 9.23. The maximum absolute atomic E-state index is 11.9. The fourth-order valence-electron chi connectivity index (χ4n) is 2.10. The van der Waals surface area contributed by atoms with Gasteiger partial charge in [0.15, 0.2) is 0 Å². The van der Waals surface area contributed by atoms with E-state index in [1.807, 2.05) is 0 Å². The summed E-state index contributed by atoms with van der Waals surface area (Å²) in [5.41, 5.74) is 6.34. The number of aromatic nitrogens is 2. The molecular weight excluding hydrogens is 232 g/mol. The standard InChI is InChI=1S/C11H20N6O/c1-16-3-4-17(2)8(7-16)5-13-11(18)10-9(12)6-14-15-10/h6,8H,3-5,7,12H2,1-2H3,(H,13,18)(H,14,15). The molecule has 1 aromatic heterocycles. The van der Waals surface area contributed by atoms with E-state index in [4.69, 9.17) is 5.73 Å². The third kappa shape index (κ3) is 2.80. The molecule has 1 aliphatic heterocycles. The summed E-state index contributed by atoms with van der Waals surface area (Å²) in [6, 6.07) is 0.330. The summed E-state index contributed by atoms with van der Waals surface area (Å²) in [6.45, 7) is 3.64. The largest absolute Gasteiger partial charge is 0.396 e. The van der Waals surface area contributed by atoms with Gasteiger partial charge in [-0.25, -0.2) is 0 Å². The Kier molecular flexibility index (Phi) is 3.83. The van der Waals surface area contributed by atoms with E-state index in [-0.39, 0.29) is 5.91 Å². The topological polar surface area (TPSA) is 90.3 Å². The second kappa shape index (κ2) is 5.36. The molecule has 1 unspecified atom stereocenters. The van der Waals surface area contributed by atoms with Crippen LogP contribution in [0.25, 0.3) is 0 Å². The zero-order chi connectivity index (χ0) is 13.1. The molecule has 18 heavy (non-hydrogen) atoms. The fraction of sp³-hybridized carbons (Fsp3) is 0.636. The van der Waals surface area contributed by atoms with Gasteiger partial charge in [0, 0.05) is 32.2 Å². The molecular formula is C11H20N6O. The van der Waals surface area contributed by atoms with Crippen LogP contribution >= 0.6 is 0 Å². The van der Waals surface area contributed by atoms with Crippen molar-refractivity contribution < 1.29 is 4.79 Å². The number of carbonyl (C=O) groups excluding carboxylic acids is 1. The first-order chi connectivity index (χ1) is 8.58. The van der Waals surface area contributed by atoms with Gasteiger partial charge >= 0.3 is 0 Å². The highest BCUT2D eigenvalue weighted by Crippen LogP contribution is 2.07. The number of hydrogen-bond donors (Lipinski definition) is 3. The third-order valence-electron chi connectivity index (χ3n) is 3.37. The van der Waals surface area contributed by atoms with E-state index < -0.39 is 0 Å². The van der Waals surface area contributed by atoms with E-state index in [1.165, 1.54) is 6.20 Å². The van der Waals surface area contributed by atoms with Crippen molar-refractivity contribution in [2.45, 2.75) is 6.04 Å². The summed E-state index contributed by atoms with van der Waals surface area (Å²) >= 11 is 0. The van der Waals surface area contributed by atoms with Crippen LogP contribution in [0.4, 0.5) is 5.69 Å². The van der Waals surface area contributed by atoms with Crippen LogP contribution in [0.5, 0.6) is 0 Å². The lowest BCUT2D eigenvalue weighted by Crippen LogP contribution is -2.54. The average Bonchev–Trinajstić information content (AvgIpc) is 2.76. The molecule has 2 heterocycles. The van der Waals surface area contributed by atoms with E-state index in [2.05, 4.69) is 39.4 Å². The molecule has 7 nitrogen and oxygen atoms in total. The summed E-state index contributed by atoms with van der Waals surface area (Å²) in [7, 11) is 4.17. The molecule has 0 spiro atoms. The van der Waals surface area contributed by atoms with E-state index in [9.17, 15) is 4.79 Å². The number of nitrogens with one attached hydrogen (secondary N) is 2. The molecule has 2 rings (SSSR count). The number of nitrogens with zero attached hydrogens (tertiary/aromatic N) is 3. The Bertz CT molecular complexity index is 417. The molecule has 1 amide bonds. The van der Waals surface area contributed by atoms with Gasteiger partial charge in [-0.3, -0.25) is 14.8 Å². The molecule has 0 aliphatic carbocycles. The molecule has 1 aromatic rings. The third-order valence-corrected chi connectivity index (χ3v) is 3.37. The molecule has 0 radical (unpaired) electrons. The van der Waals surface area contributed by atoms with Crippen molar-refractivity contribution in [2.24, 2.45) is 0 Å². The minimum absolute atomic E-state index is 0.202. The molecule has 0 saturated carbocycles. The lowest BCUT2D eigenvalue weighted by Gasteiger charge is -2.37. The van der Waals surface area contributed by atoms with Gasteiger partial charge in [0.1, 0.15) is 5.69 Å². The van der Waals surface area contributed by atoms with Crippen molar-refractivity contribution in [2.75, 3.05) is 46.0 Å². The second-order valence-corrected chi connectivity index (χ2v) is 4.81. The SMILES string of the molecule is CN1CCN(C)C(CNC(=O)c2[nH]ncc2N)C1. The molecule has 100 valence electrons. The predicted molar refractivity (Wildman–Crippen MR) is 69.2 cm³/mol. The summed E-state index contributed by atoms with van der Waals surface area (Å²) in [6.07, 6.45) is 1.44. The van der Waals surface area contributed by atoms with Gasteiger partial charge in [0.2, 0.25) is 0 Å². The minimum Gasteiger partial charge on any atom is -0.396 e. The van der Waals surface area contributed by atoms with Crippen molar-refractivity contribution in [3.05, 3.63) is 11.9 Å². The molecule has 0 bridgehead atoms. The smallest absolute Gasteiger partial charge is 0.271 e. The van der Waals surface area contributed by atoms with Crippen LogP contribution < -0.4 is 11.1 Å². The second-order valence-electron chi connectivity index (χ2n) is 4.81. The van der Waals surface area contributed by atoms with E-state index in [0.29, 0.717) is 24.0 Å². The fourth-order valence-corrected chi connectivity index (χ4v) is 2.10. The van der Waals surface area contributed by atoms with Crippen LogP contribution in [0.15, 0.2) is 6.20 Å². The quantitative estimate of drug-likeness (QED) is 0.640. The molecule has 1 saturated heterocycles. The molecule has 1 atom stereocenters. The first-order valence-corrected chi connectivity index (χ1v) is 6.03. The Morgan fingerprint density at radius 2 is 2.39 bits per heavy atom. The number of piperazine rings is 1. The number of likely N-dealkylation sites (N-methyl/N-ethyl adjacent to an activating group) is 2. The molecule has 0 aromatic carbocycles. The Morgan fingerprint density at radius 1 is 1.61 bits per heavy atom. The van der Waals surface area contributed by atoms with Crippen LogP contribution in [0.2, 0.25) is 0 Å². The Balaban J connectivity index is 1.87. The summed E-state index contributed by atoms with van der Waals surface area (Å²) in [4.78, 5) is 16.4. The van der Waals surface area contributed by atoms with Crippen molar-refractivity contribution >= 4 is 11.6 Å². The lowest BCUT2D eigenvalue weighted by molar-refractivity contribution is 0.0877. The van der Waals surface area contributed by atoms with Crippen molar-refractivity contribution in [1.29, 1.82) is 0 Å². The molecule has 7 heteroatoms. The number of H-pyrrole nitrogens is 1. The van der Waals surface area contributed by atoms with Gasteiger partial charge in [-0.2, -0.15) is 5.10 Å². The van der Waals surface area contributed by atoms with Crippen molar-refractivity contribution in [3.8, 4) is 0 Å². The van der Waals surface area contributed by atoms with Crippen LogP contribution in [0.3, 0.4) is 0 Å². The molecule has 1 fully saturated rings.